The number of dihydropyridines is 1. The molecule has 0 spiro atoms. The highest BCUT2D eigenvalue weighted by Gasteiger charge is 2.38. The smallest absolute Gasteiger partial charge is 0.234 e. The third kappa shape index (κ3) is 4.92. The number of ketones is 1. The van der Waals surface area contributed by atoms with Crippen molar-refractivity contribution in [2.24, 2.45) is 0 Å². The Hall–Kier alpha value is -3.21. The number of carbonyl (C=O) groups excluding carboxylic acids is 2. The molecule has 0 fully saturated rings. The lowest BCUT2D eigenvalue weighted by molar-refractivity contribution is -0.116. The van der Waals surface area contributed by atoms with Gasteiger partial charge in [-0.25, -0.2) is 0 Å². The van der Waals surface area contributed by atoms with Crippen molar-refractivity contribution in [3.8, 4) is 11.8 Å². The van der Waals surface area contributed by atoms with Gasteiger partial charge in [0.05, 0.1) is 35.5 Å². The number of allylic oxidation sites excluding steroid dienone is 3. The summed E-state index contributed by atoms with van der Waals surface area (Å²) in [4.78, 5) is 25.5. The third-order valence-electron chi connectivity index (χ3n) is 5.59. The number of thioether (sulfide) groups is 1. The van der Waals surface area contributed by atoms with Gasteiger partial charge in [0, 0.05) is 34.0 Å². The molecule has 0 bridgehead atoms. The fraction of sp³-hybridized carbons (Fsp3) is 0.240. The number of hydrogen-bond acceptors (Lipinski definition) is 6. The van der Waals surface area contributed by atoms with Gasteiger partial charge in [-0.3, -0.25) is 9.59 Å². The summed E-state index contributed by atoms with van der Waals surface area (Å²) in [5.74, 6) is 0.0224. The molecule has 168 valence electrons. The number of halogens is 1. The second kappa shape index (κ2) is 10.2. The van der Waals surface area contributed by atoms with E-state index < -0.39 is 5.92 Å². The van der Waals surface area contributed by atoms with Crippen molar-refractivity contribution in [1.82, 2.24) is 5.32 Å². The Kier molecular flexibility index (Phi) is 7.07. The van der Waals surface area contributed by atoms with E-state index in [0.29, 0.717) is 45.5 Å². The average molecular weight is 480 g/mol. The number of anilines is 1. The van der Waals surface area contributed by atoms with Gasteiger partial charge < -0.3 is 15.4 Å². The maximum atomic E-state index is 12.9. The molecule has 2 aliphatic rings. The normalized spacial score (nSPS) is 17.7. The fourth-order valence-corrected chi connectivity index (χ4v) is 5.11. The first kappa shape index (κ1) is 23.0. The lowest BCUT2D eigenvalue weighted by atomic mass is 9.76. The SMILES string of the molecule is COc1ccccc1[C@@H]1C(C#N)=C(SCC(=O)Nc2ccc(Cl)cc2)NC2=C1C(=O)CCC2. The predicted octanol–water partition coefficient (Wildman–Crippen LogP) is 5.15. The number of Topliss-reactive ketones (excluding diaryl/α,β-unsaturated/α-hetero) is 1. The molecule has 2 aromatic carbocycles. The number of nitrogens with zero attached hydrogens (tertiary/aromatic N) is 1. The maximum Gasteiger partial charge on any atom is 0.234 e. The lowest BCUT2D eigenvalue weighted by Gasteiger charge is -2.33. The molecule has 0 saturated carbocycles. The number of ether oxygens (including phenoxy) is 1. The standard InChI is InChI=1S/C25H22ClN3O3S/c1-32-21-8-3-2-5-17(21)23-18(13-27)25(29-19-6-4-7-20(30)24(19)23)33-14-22(31)28-16-11-9-15(26)10-12-16/h2-3,5,8-12,23,29H,4,6-7,14H2,1H3,(H,28,31)/t23-/m1/s1. The Labute approximate surface area is 201 Å². The molecule has 2 aromatic rings. The van der Waals surface area contributed by atoms with E-state index in [1.807, 2.05) is 24.3 Å². The molecular weight excluding hydrogens is 458 g/mol. The Morgan fingerprint density at radius 2 is 2.00 bits per heavy atom. The maximum absolute atomic E-state index is 12.9. The van der Waals surface area contributed by atoms with Gasteiger partial charge in [0.1, 0.15) is 5.75 Å². The van der Waals surface area contributed by atoms with Crippen molar-refractivity contribution < 1.29 is 14.3 Å². The second-order valence-electron chi connectivity index (χ2n) is 7.67. The summed E-state index contributed by atoms with van der Waals surface area (Å²) in [5, 5.41) is 17.4. The van der Waals surface area contributed by atoms with Crippen molar-refractivity contribution in [1.29, 1.82) is 5.26 Å². The molecule has 8 heteroatoms. The highest BCUT2D eigenvalue weighted by Crippen LogP contribution is 2.46. The Morgan fingerprint density at radius 1 is 1.24 bits per heavy atom. The molecular formula is C25H22ClN3O3S. The first-order valence-electron chi connectivity index (χ1n) is 10.5. The zero-order valence-electron chi connectivity index (χ0n) is 18.0. The van der Waals surface area contributed by atoms with Crippen molar-refractivity contribution >= 4 is 40.7 Å². The van der Waals surface area contributed by atoms with Gasteiger partial charge in [-0.2, -0.15) is 5.26 Å². The third-order valence-corrected chi connectivity index (χ3v) is 6.86. The molecule has 1 aliphatic heterocycles. The van der Waals surface area contributed by atoms with Crippen LogP contribution in [0.1, 0.15) is 30.7 Å². The summed E-state index contributed by atoms with van der Waals surface area (Å²) in [6, 6.07) is 16.6. The number of benzene rings is 2. The molecule has 33 heavy (non-hydrogen) atoms. The molecule has 0 radical (unpaired) electrons. The van der Waals surface area contributed by atoms with E-state index in [-0.39, 0.29) is 17.4 Å². The van der Waals surface area contributed by atoms with E-state index in [9.17, 15) is 14.9 Å². The van der Waals surface area contributed by atoms with Gasteiger partial charge >= 0.3 is 0 Å². The molecule has 1 amide bonds. The second-order valence-corrected chi connectivity index (χ2v) is 9.09. The molecule has 4 rings (SSSR count). The summed E-state index contributed by atoms with van der Waals surface area (Å²) in [5.41, 5.74) is 3.27. The van der Waals surface area contributed by atoms with Crippen molar-refractivity contribution in [3.05, 3.63) is 81.0 Å². The van der Waals surface area contributed by atoms with Gasteiger partial charge in [0.15, 0.2) is 5.78 Å². The zero-order valence-corrected chi connectivity index (χ0v) is 19.6. The van der Waals surface area contributed by atoms with Gasteiger partial charge in [0.2, 0.25) is 5.91 Å². The van der Waals surface area contributed by atoms with Crippen LogP contribution in [0.25, 0.3) is 0 Å². The number of rotatable bonds is 6. The summed E-state index contributed by atoms with van der Waals surface area (Å²) in [6.07, 6.45) is 1.92. The van der Waals surface area contributed by atoms with Crippen LogP contribution in [0.5, 0.6) is 5.75 Å². The van der Waals surface area contributed by atoms with Crippen LogP contribution in [0.3, 0.4) is 0 Å². The number of nitrogens with one attached hydrogen (secondary N) is 2. The van der Waals surface area contributed by atoms with Crippen molar-refractivity contribution in [3.63, 3.8) is 0 Å². The topological polar surface area (TPSA) is 91.2 Å². The van der Waals surface area contributed by atoms with E-state index in [4.69, 9.17) is 16.3 Å². The van der Waals surface area contributed by atoms with Crippen LogP contribution in [-0.2, 0) is 9.59 Å². The number of carbonyl (C=O) groups is 2. The summed E-state index contributed by atoms with van der Waals surface area (Å²) < 4.78 is 5.55. The van der Waals surface area contributed by atoms with Crippen LogP contribution < -0.4 is 15.4 Å². The number of amides is 1. The Morgan fingerprint density at radius 3 is 2.73 bits per heavy atom. The van der Waals surface area contributed by atoms with Gasteiger partial charge in [0.25, 0.3) is 0 Å². The number of hydrogen-bond donors (Lipinski definition) is 2. The van der Waals surface area contributed by atoms with Crippen LogP contribution >= 0.6 is 23.4 Å². The molecule has 1 heterocycles. The van der Waals surface area contributed by atoms with Gasteiger partial charge in [-0.15, -0.1) is 0 Å². The van der Waals surface area contributed by atoms with E-state index in [1.165, 1.54) is 11.8 Å². The predicted molar refractivity (Wildman–Crippen MR) is 130 cm³/mol. The van der Waals surface area contributed by atoms with Crippen molar-refractivity contribution in [2.45, 2.75) is 25.2 Å². The van der Waals surface area contributed by atoms with Crippen LogP contribution in [0.2, 0.25) is 5.02 Å². The van der Waals surface area contributed by atoms with Crippen LogP contribution in [0.4, 0.5) is 5.69 Å². The average Bonchev–Trinajstić information content (AvgIpc) is 2.83. The van der Waals surface area contributed by atoms with Crippen molar-refractivity contribution in [2.75, 3.05) is 18.2 Å². The monoisotopic (exact) mass is 479 g/mol. The summed E-state index contributed by atoms with van der Waals surface area (Å²) in [7, 11) is 1.57. The van der Waals surface area contributed by atoms with E-state index >= 15 is 0 Å². The van der Waals surface area contributed by atoms with E-state index in [1.54, 1.807) is 31.4 Å². The fourth-order valence-electron chi connectivity index (χ4n) is 4.12. The Balaban J connectivity index is 1.64. The minimum absolute atomic E-state index is 0.0388. The number of methoxy groups -OCH3 is 1. The molecule has 0 aromatic heterocycles. The molecule has 1 aliphatic carbocycles. The molecule has 6 nitrogen and oxygen atoms in total. The van der Waals surface area contributed by atoms with E-state index in [2.05, 4.69) is 16.7 Å². The minimum Gasteiger partial charge on any atom is -0.496 e. The highest BCUT2D eigenvalue weighted by atomic mass is 35.5. The minimum atomic E-state index is -0.531. The molecule has 2 N–H and O–H groups in total. The summed E-state index contributed by atoms with van der Waals surface area (Å²) >= 11 is 7.15. The van der Waals surface area contributed by atoms with Gasteiger partial charge in [-0.05, 0) is 43.2 Å². The zero-order chi connectivity index (χ0) is 23.4. The first-order chi connectivity index (χ1) is 16.0. The Bertz CT molecular complexity index is 1200. The van der Waals surface area contributed by atoms with Crippen LogP contribution in [0.15, 0.2) is 70.4 Å². The first-order valence-corrected chi connectivity index (χ1v) is 11.9. The lowest BCUT2D eigenvalue weighted by Crippen LogP contribution is -2.32. The number of para-hydroxylation sites is 1. The number of nitriles is 1. The van der Waals surface area contributed by atoms with Gasteiger partial charge in [-0.1, -0.05) is 41.6 Å². The molecule has 0 unspecified atom stereocenters. The van der Waals surface area contributed by atoms with E-state index in [0.717, 1.165) is 17.7 Å². The van der Waals surface area contributed by atoms with Crippen LogP contribution in [0, 0.1) is 11.3 Å². The van der Waals surface area contributed by atoms with Crippen LogP contribution in [-0.4, -0.2) is 24.6 Å². The molecule has 0 saturated heterocycles. The quantitative estimate of drug-likeness (QED) is 0.595. The molecule has 1 atom stereocenters. The highest BCUT2D eigenvalue weighted by molar-refractivity contribution is 8.03. The largest absolute Gasteiger partial charge is 0.496 e. The summed E-state index contributed by atoms with van der Waals surface area (Å²) in [6.45, 7) is 0.